The quantitative estimate of drug-likeness (QED) is 0.0301. The summed E-state index contributed by atoms with van der Waals surface area (Å²) in [7, 11) is 0.436. The Labute approximate surface area is 392 Å². The van der Waals surface area contributed by atoms with Crippen molar-refractivity contribution in [3.05, 3.63) is 84.5 Å². The summed E-state index contributed by atoms with van der Waals surface area (Å²) in [5.74, 6) is 13.1. The summed E-state index contributed by atoms with van der Waals surface area (Å²) in [5, 5.41) is 2.26. The molecule has 0 N–H and O–H groups in total. The van der Waals surface area contributed by atoms with Crippen molar-refractivity contribution in [3.8, 4) is 23.7 Å². The molecule has 3 aliphatic rings. The highest BCUT2D eigenvalue weighted by Crippen LogP contribution is 2.39. The Morgan fingerprint density at radius 3 is 1.89 bits per heavy atom. The van der Waals surface area contributed by atoms with E-state index in [-0.39, 0.29) is 73.4 Å². The van der Waals surface area contributed by atoms with Crippen LogP contribution in [-0.2, 0) is 42.4 Å². The van der Waals surface area contributed by atoms with Gasteiger partial charge in [0.25, 0.3) is 8.32 Å². The van der Waals surface area contributed by atoms with Crippen LogP contribution in [0.2, 0.25) is 5.04 Å². The number of methoxy groups -OCH3 is 2. The van der Waals surface area contributed by atoms with Crippen LogP contribution in [0.5, 0.6) is 0 Å². The van der Waals surface area contributed by atoms with E-state index in [2.05, 4.69) is 118 Å². The predicted octanol–water partition coefficient (Wildman–Crippen LogP) is 10.1. The van der Waals surface area contributed by atoms with Crippen LogP contribution < -0.4 is 10.4 Å². The minimum Gasteiger partial charge on any atom is -0.455 e. The predicted molar refractivity (Wildman–Crippen MR) is 261 cm³/mol. The lowest BCUT2D eigenvalue weighted by Crippen LogP contribution is -2.67. The molecule has 0 amide bonds. The van der Waals surface area contributed by atoms with Crippen LogP contribution in [0, 0.1) is 23.7 Å². The van der Waals surface area contributed by atoms with Gasteiger partial charge < -0.3 is 37.6 Å². The van der Waals surface area contributed by atoms with E-state index in [1.165, 1.54) is 36.1 Å². The molecule has 0 radical (unpaired) electrons. The number of esters is 1. The highest BCUT2D eigenvalue weighted by molar-refractivity contribution is 6.99. The van der Waals surface area contributed by atoms with Crippen LogP contribution in [0.3, 0.4) is 0 Å². The molecule has 10 heteroatoms. The Bertz CT molecular complexity index is 1830. The second-order valence-electron chi connectivity index (χ2n) is 18.8. The van der Waals surface area contributed by atoms with Crippen LogP contribution in [-0.4, -0.2) is 90.9 Å². The number of carbonyl (C=O) groups excluding carboxylic acids is 1. The number of unbranched alkanes of at least 4 members (excludes halogenated alkanes) is 6. The third-order valence-corrected chi connectivity index (χ3v) is 17.8. The molecule has 2 fully saturated rings. The average Bonchev–Trinajstić information content (AvgIpc) is 4.07. The van der Waals surface area contributed by atoms with Crippen molar-refractivity contribution in [2.75, 3.05) is 27.8 Å². The third-order valence-electron chi connectivity index (χ3n) is 12.8. The minimum atomic E-state index is -2.85. The summed E-state index contributed by atoms with van der Waals surface area (Å²) in [6.07, 6.45) is 20.1. The molecule has 65 heavy (non-hydrogen) atoms. The van der Waals surface area contributed by atoms with Crippen LogP contribution in [0.25, 0.3) is 0 Å². The molecule has 8 atom stereocenters. The van der Waals surface area contributed by atoms with Gasteiger partial charge in [-0.05, 0) is 85.9 Å². The van der Waals surface area contributed by atoms with Crippen molar-refractivity contribution in [2.45, 2.75) is 191 Å². The minimum absolute atomic E-state index is 0.00318. The van der Waals surface area contributed by atoms with Gasteiger partial charge in [-0.15, -0.1) is 11.8 Å². The van der Waals surface area contributed by atoms with E-state index < -0.39 is 8.32 Å². The fourth-order valence-electron chi connectivity index (χ4n) is 9.45. The van der Waals surface area contributed by atoms with Crippen molar-refractivity contribution < 1.29 is 42.4 Å². The van der Waals surface area contributed by atoms with Gasteiger partial charge in [-0.1, -0.05) is 132 Å². The molecule has 0 unspecified atom stereocenters. The first-order chi connectivity index (χ1) is 31.6. The highest BCUT2D eigenvalue weighted by Gasteiger charge is 2.51. The summed E-state index contributed by atoms with van der Waals surface area (Å²) in [5.41, 5.74) is 0.700. The van der Waals surface area contributed by atoms with Crippen molar-refractivity contribution in [3.63, 3.8) is 0 Å². The maximum Gasteiger partial charge on any atom is 0.334 e. The SMILES string of the molecule is CCCCCCCC#CC[C@@H](OCOC)[C@H]1CC[C@H]([C@H]2CC[C@H]([C@@H](CC#CC=CCCC[C@H](CC3=C[C@H](C)OC3=O)O[Si](c3ccccc3)(c3ccccc3)C(C)(C)C)OCOC)O2)O1. The molecule has 2 saturated heterocycles. The zero-order valence-corrected chi connectivity index (χ0v) is 41.5. The van der Waals surface area contributed by atoms with Gasteiger partial charge in [0, 0.05) is 45.5 Å². The number of carbonyl (C=O) groups is 1. The normalized spacial score (nSPS) is 22.5. The second-order valence-corrected chi connectivity index (χ2v) is 23.0. The highest BCUT2D eigenvalue weighted by atomic mass is 28.4. The Hall–Kier alpha value is -3.55. The molecule has 2 aromatic rings. The van der Waals surface area contributed by atoms with Gasteiger partial charge in [0.05, 0.1) is 42.7 Å². The van der Waals surface area contributed by atoms with E-state index in [0.29, 0.717) is 24.8 Å². The van der Waals surface area contributed by atoms with Gasteiger partial charge in [-0.2, -0.15) is 0 Å². The van der Waals surface area contributed by atoms with Crippen LogP contribution in [0.4, 0.5) is 0 Å². The molecule has 9 nitrogen and oxygen atoms in total. The van der Waals surface area contributed by atoms with Gasteiger partial charge >= 0.3 is 5.97 Å². The number of allylic oxidation sites excluding steroid dienone is 2. The maximum absolute atomic E-state index is 12.9. The number of ether oxygens (including phenoxy) is 7. The molecule has 0 bridgehead atoms. The third kappa shape index (κ3) is 16.0. The van der Waals surface area contributed by atoms with Crippen LogP contribution in [0.15, 0.2) is 84.5 Å². The molecule has 0 spiro atoms. The lowest BCUT2D eigenvalue weighted by molar-refractivity contribution is -0.154. The fraction of sp³-hybridized carbons (Fsp3) is 0.618. The zero-order chi connectivity index (χ0) is 46.3. The van der Waals surface area contributed by atoms with E-state index >= 15 is 0 Å². The van der Waals surface area contributed by atoms with Gasteiger partial charge in [0.1, 0.15) is 19.7 Å². The first kappa shape index (κ1) is 52.4. The van der Waals surface area contributed by atoms with E-state index in [9.17, 15) is 4.79 Å². The Kier molecular flexibility index (Phi) is 22.5. The monoisotopic (exact) mass is 911 g/mol. The van der Waals surface area contributed by atoms with Crippen LogP contribution in [0.1, 0.15) is 137 Å². The summed E-state index contributed by atoms with van der Waals surface area (Å²) < 4.78 is 49.1. The Morgan fingerprint density at radius 1 is 0.769 bits per heavy atom. The average molecular weight is 911 g/mol. The molecule has 3 heterocycles. The Balaban J connectivity index is 1.15. The summed E-state index contributed by atoms with van der Waals surface area (Å²) in [4.78, 5) is 12.9. The van der Waals surface area contributed by atoms with E-state index in [4.69, 9.17) is 37.6 Å². The molecule has 3 aliphatic heterocycles. The van der Waals surface area contributed by atoms with E-state index in [1.54, 1.807) is 14.2 Å². The molecular formula is C55H78O9Si. The first-order valence-corrected chi connectivity index (χ1v) is 26.3. The summed E-state index contributed by atoms with van der Waals surface area (Å²) in [6.45, 7) is 11.4. The fourth-order valence-corrected chi connectivity index (χ4v) is 14.2. The van der Waals surface area contributed by atoms with Gasteiger partial charge in [-0.3, -0.25) is 0 Å². The zero-order valence-electron chi connectivity index (χ0n) is 40.5. The lowest BCUT2D eigenvalue weighted by Gasteiger charge is -2.45. The molecule has 356 valence electrons. The smallest absolute Gasteiger partial charge is 0.334 e. The van der Waals surface area contributed by atoms with Crippen molar-refractivity contribution in [1.82, 2.24) is 0 Å². The largest absolute Gasteiger partial charge is 0.455 e. The molecule has 2 aromatic carbocycles. The van der Waals surface area contributed by atoms with Gasteiger partial charge in [0.2, 0.25) is 0 Å². The molecule has 0 aliphatic carbocycles. The lowest BCUT2D eigenvalue weighted by atomic mass is 10.0. The van der Waals surface area contributed by atoms with Gasteiger partial charge in [0.15, 0.2) is 0 Å². The van der Waals surface area contributed by atoms with Crippen LogP contribution >= 0.6 is 0 Å². The second kappa shape index (κ2) is 27.9. The topological polar surface area (TPSA) is 90.9 Å². The first-order valence-electron chi connectivity index (χ1n) is 24.4. The van der Waals surface area contributed by atoms with Crippen molar-refractivity contribution in [2.24, 2.45) is 0 Å². The number of benzene rings is 2. The maximum atomic E-state index is 12.9. The standard InChI is InChI=1S/C55H78O9Si/c1-8-9-10-11-12-13-17-26-33-48(59-41-57-6)50-35-37-52(62-50)53-38-36-51(63-53)49(60-42-58-7)34-27-18-15-14-16-21-28-45(40-44-39-43(2)61-54(44)56)64-65(55(3,4)5,46-29-22-19-23-30-46)47-31-24-20-25-32-47/h14-15,19-20,22-25,29-32,39,43,45,48-53H,8-13,16,21,28,33-38,40-42H2,1-7H3/t43-,45+,48+,49+,50+,51+,52+,53+/m0/s1. The molecule has 0 aromatic heterocycles. The summed E-state index contributed by atoms with van der Waals surface area (Å²) >= 11 is 0. The van der Waals surface area contributed by atoms with Crippen molar-refractivity contribution >= 4 is 24.7 Å². The van der Waals surface area contributed by atoms with Gasteiger partial charge in [-0.25, -0.2) is 4.79 Å². The molecule has 5 rings (SSSR count). The molecule has 0 saturated carbocycles. The summed E-state index contributed by atoms with van der Waals surface area (Å²) in [6, 6.07) is 21.4. The molecular weight excluding hydrogens is 833 g/mol. The number of hydrogen-bond acceptors (Lipinski definition) is 9. The number of hydrogen-bond donors (Lipinski definition) is 0. The van der Waals surface area contributed by atoms with E-state index in [1.807, 2.05) is 19.1 Å². The van der Waals surface area contributed by atoms with Crippen molar-refractivity contribution in [1.29, 1.82) is 0 Å². The number of cyclic esters (lactones) is 1. The Morgan fingerprint density at radius 2 is 1.35 bits per heavy atom. The number of rotatable bonds is 26. The van der Waals surface area contributed by atoms with E-state index in [0.717, 1.165) is 57.8 Å².